The summed E-state index contributed by atoms with van der Waals surface area (Å²) in [5, 5.41) is 5.63. The number of esters is 1. The third kappa shape index (κ3) is 39.4. The molecule has 0 heterocycles. The number of phosphoric acid groups is 1. The van der Waals surface area contributed by atoms with E-state index in [2.05, 4.69) is 38.0 Å². The normalized spacial score (nSPS) is 13.7. The van der Waals surface area contributed by atoms with Crippen molar-refractivity contribution in [1.29, 1.82) is 0 Å². The standard InChI is InChI=1S/C50H95N2O9P/c1-8-12-15-18-21-24-25-28-30-33-36-39-47(53)52-45(44-59-62(56,57-42-11-4)58-43-41-51-49(55)61-50(5,6)7)46(38-35-32-29-26-22-19-16-13-9-2)60-48(54)40-37-34-31-27-23-20-17-14-10-3/h11,35,38,45-46H,4,8-10,12-34,36-37,39-44H2,1-3,5-7H3,(H,51,55)(H,52,53)/b38-35+/t45-,46+,62?/m0/s1. The molecule has 0 aromatic rings. The van der Waals surface area contributed by atoms with Gasteiger partial charge in [0.1, 0.15) is 11.7 Å². The Kier molecular flexibility index (Phi) is 40.0. The largest absolute Gasteiger partial charge is 0.475 e. The number of carbonyl (C=O) groups is 3. The number of ether oxygens (including phenoxy) is 2. The van der Waals surface area contributed by atoms with Gasteiger partial charge in [-0.2, -0.15) is 0 Å². The molecule has 2 N–H and O–H groups in total. The molecule has 0 radical (unpaired) electrons. The summed E-state index contributed by atoms with van der Waals surface area (Å²) in [7, 11) is -4.23. The lowest BCUT2D eigenvalue weighted by atomic mass is 10.0. The summed E-state index contributed by atoms with van der Waals surface area (Å²) in [6, 6.07) is -0.864. The lowest BCUT2D eigenvalue weighted by Gasteiger charge is -2.27. The zero-order valence-corrected chi connectivity index (χ0v) is 41.7. The van der Waals surface area contributed by atoms with Crippen LogP contribution in [-0.2, 0) is 37.2 Å². The Morgan fingerprint density at radius 1 is 0.629 bits per heavy atom. The Balaban J connectivity index is 5.86. The number of hydrogen-bond acceptors (Lipinski definition) is 9. The lowest BCUT2D eigenvalue weighted by Crippen LogP contribution is -2.47. The van der Waals surface area contributed by atoms with E-state index in [1.165, 1.54) is 128 Å². The number of amides is 2. The van der Waals surface area contributed by atoms with Gasteiger partial charge in [0, 0.05) is 19.4 Å². The summed E-state index contributed by atoms with van der Waals surface area (Å²) in [5.41, 5.74) is -0.681. The second-order valence-electron chi connectivity index (χ2n) is 17.9. The minimum Gasteiger partial charge on any atom is -0.456 e. The highest BCUT2D eigenvalue weighted by Crippen LogP contribution is 2.49. The fourth-order valence-corrected chi connectivity index (χ4v) is 8.17. The molecule has 0 saturated heterocycles. The van der Waals surface area contributed by atoms with Crippen LogP contribution in [0.4, 0.5) is 4.79 Å². The average Bonchev–Trinajstić information content (AvgIpc) is 3.23. The van der Waals surface area contributed by atoms with E-state index >= 15 is 0 Å². The van der Waals surface area contributed by atoms with E-state index in [0.29, 0.717) is 6.42 Å². The molecule has 3 atom stereocenters. The van der Waals surface area contributed by atoms with Gasteiger partial charge in [-0.1, -0.05) is 187 Å². The Bertz CT molecular complexity index is 1180. The molecule has 0 fully saturated rings. The first-order valence-electron chi connectivity index (χ1n) is 25.2. The molecule has 364 valence electrons. The minimum absolute atomic E-state index is 0.0146. The smallest absolute Gasteiger partial charge is 0.456 e. The van der Waals surface area contributed by atoms with E-state index in [4.69, 9.17) is 23.0 Å². The van der Waals surface area contributed by atoms with Crippen LogP contribution in [0.1, 0.15) is 234 Å². The van der Waals surface area contributed by atoms with Gasteiger partial charge in [0.2, 0.25) is 5.91 Å². The summed E-state index contributed by atoms with van der Waals surface area (Å²) in [6.45, 7) is 15.0. The third-order valence-corrected chi connectivity index (χ3v) is 12.0. The van der Waals surface area contributed by atoms with Crippen molar-refractivity contribution in [3.63, 3.8) is 0 Å². The van der Waals surface area contributed by atoms with Crippen molar-refractivity contribution in [3.8, 4) is 0 Å². The first kappa shape index (κ1) is 59.8. The number of unbranched alkanes of at least 4 members (excludes halogenated alkanes) is 25. The second-order valence-corrected chi connectivity index (χ2v) is 19.6. The minimum atomic E-state index is -4.23. The average molecular weight is 899 g/mol. The van der Waals surface area contributed by atoms with Crippen LogP contribution < -0.4 is 10.6 Å². The predicted molar refractivity (Wildman–Crippen MR) is 256 cm³/mol. The third-order valence-electron chi connectivity index (χ3n) is 10.6. The second kappa shape index (κ2) is 41.5. The maximum absolute atomic E-state index is 13.9. The van der Waals surface area contributed by atoms with Crippen LogP contribution in [0.25, 0.3) is 0 Å². The Morgan fingerprint density at radius 2 is 1.10 bits per heavy atom. The number of hydrogen-bond donors (Lipinski definition) is 2. The van der Waals surface area contributed by atoms with Crippen LogP contribution in [0, 0.1) is 0 Å². The number of phosphoric ester groups is 1. The van der Waals surface area contributed by atoms with Gasteiger partial charge in [0.25, 0.3) is 0 Å². The highest BCUT2D eigenvalue weighted by molar-refractivity contribution is 7.48. The van der Waals surface area contributed by atoms with Crippen LogP contribution >= 0.6 is 7.82 Å². The first-order chi connectivity index (χ1) is 29.9. The summed E-state index contributed by atoms with van der Waals surface area (Å²) >= 11 is 0. The predicted octanol–water partition coefficient (Wildman–Crippen LogP) is 14.6. The Morgan fingerprint density at radius 3 is 1.58 bits per heavy atom. The number of rotatable bonds is 44. The molecule has 0 aromatic carbocycles. The fourth-order valence-electron chi connectivity index (χ4n) is 7.00. The van der Waals surface area contributed by atoms with E-state index in [-0.39, 0.29) is 44.7 Å². The highest BCUT2D eigenvalue weighted by atomic mass is 31.2. The molecule has 0 bridgehead atoms. The molecule has 12 heteroatoms. The number of allylic oxidation sites excluding steroid dienone is 1. The number of alkyl carbamates (subject to hydrolysis) is 1. The monoisotopic (exact) mass is 899 g/mol. The van der Waals surface area contributed by atoms with Gasteiger partial charge in [0.05, 0.1) is 25.9 Å². The SMILES string of the molecule is C=CCOP(=O)(OCCNC(=O)OC(C)(C)C)OC[C@H](NC(=O)CCCCCCCCCCCCC)[C@@H](/C=C/CCCCCCCCC)OC(=O)CCCCCCCCCCC. The van der Waals surface area contributed by atoms with Gasteiger partial charge in [-0.3, -0.25) is 23.2 Å². The van der Waals surface area contributed by atoms with Gasteiger partial charge in [-0.05, 0) is 52.5 Å². The zero-order valence-electron chi connectivity index (χ0n) is 40.8. The number of carbonyl (C=O) groups excluding carboxylic acids is 3. The maximum Gasteiger partial charge on any atom is 0.475 e. The summed E-state index contributed by atoms with van der Waals surface area (Å²) < 4.78 is 42.3. The van der Waals surface area contributed by atoms with Crippen LogP contribution in [0.3, 0.4) is 0 Å². The Hall–Kier alpha value is -2.20. The maximum atomic E-state index is 13.9. The molecule has 1 unspecified atom stereocenters. The first-order valence-corrected chi connectivity index (χ1v) is 26.6. The van der Waals surface area contributed by atoms with Gasteiger partial charge >= 0.3 is 19.9 Å². The van der Waals surface area contributed by atoms with E-state index < -0.39 is 31.7 Å². The number of nitrogens with one attached hydrogen (secondary N) is 2. The van der Waals surface area contributed by atoms with Gasteiger partial charge in [-0.15, -0.1) is 6.58 Å². The van der Waals surface area contributed by atoms with Crippen LogP contribution in [0.15, 0.2) is 24.8 Å². The van der Waals surface area contributed by atoms with Crippen molar-refractivity contribution < 1.29 is 42.0 Å². The molecule has 0 spiro atoms. The molecular weight excluding hydrogens is 804 g/mol. The molecule has 0 rings (SSSR count). The van der Waals surface area contributed by atoms with Crippen LogP contribution in [-0.4, -0.2) is 62.1 Å². The molecule has 11 nitrogen and oxygen atoms in total. The zero-order chi connectivity index (χ0) is 46.0. The molecular formula is C50H95N2O9P. The highest BCUT2D eigenvalue weighted by Gasteiger charge is 2.32. The van der Waals surface area contributed by atoms with Crippen molar-refractivity contribution in [1.82, 2.24) is 10.6 Å². The Labute approximate surface area is 380 Å². The fraction of sp³-hybridized carbons (Fsp3) is 0.860. The van der Waals surface area contributed by atoms with Crippen molar-refractivity contribution >= 4 is 25.8 Å². The van der Waals surface area contributed by atoms with E-state index in [0.717, 1.165) is 57.8 Å². The van der Waals surface area contributed by atoms with E-state index in [1.807, 2.05) is 12.2 Å². The summed E-state index contributed by atoms with van der Waals surface area (Å²) in [4.78, 5) is 39.1. The molecule has 0 saturated carbocycles. The van der Waals surface area contributed by atoms with E-state index in [9.17, 15) is 18.9 Å². The van der Waals surface area contributed by atoms with Gasteiger partial charge < -0.3 is 20.1 Å². The van der Waals surface area contributed by atoms with Gasteiger partial charge in [0.15, 0.2) is 0 Å². The topological polar surface area (TPSA) is 138 Å². The summed E-state index contributed by atoms with van der Waals surface area (Å²) in [6.07, 6.45) is 36.6. The van der Waals surface area contributed by atoms with E-state index in [1.54, 1.807) is 20.8 Å². The quantitative estimate of drug-likeness (QED) is 0.0265. The van der Waals surface area contributed by atoms with Crippen molar-refractivity contribution in [3.05, 3.63) is 24.8 Å². The summed E-state index contributed by atoms with van der Waals surface area (Å²) in [5.74, 6) is -0.544. The molecule has 0 aromatic heterocycles. The lowest BCUT2D eigenvalue weighted by molar-refractivity contribution is -0.149. The van der Waals surface area contributed by atoms with Crippen LogP contribution in [0.2, 0.25) is 0 Å². The van der Waals surface area contributed by atoms with Crippen molar-refractivity contribution in [2.24, 2.45) is 0 Å². The molecule has 2 amide bonds. The van der Waals surface area contributed by atoms with Gasteiger partial charge in [-0.25, -0.2) is 9.36 Å². The molecule has 0 aliphatic heterocycles. The van der Waals surface area contributed by atoms with Crippen molar-refractivity contribution in [2.45, 2.75) is 252 Å². The molecule has 62 heavy (non-hydrogen) atoms. The van der Waals surface area contributed by atoms with Crippen LogP contribution in [0.5, 0.6) is 0 Å². The van der Waals surface area contributed by atoms with Crippen molar-refractivity contribution in [2.75, 3.05) is 26.4 Å². The molecule has 0 aliphatic rings. The molecule has 0 aliphatic carbocycles.